The molecular weight excluding hydrogens is 242 g/mol. The van der Waals surface area contributed by atoms with E-state index < -0.39 is 5.97 Å². The lowest BCUT2D eigenvalue weighted by molar-refractivity contribution is -0.142. The molecule has 1 unspecified atom stereocenters. The Kier molecular flexibility index (Phi) is 4.30. The summed E-state index contributed by atoms with van der Waals surface area (Å²) in [4.78, 5) is 13.4. The number of anilines is 1. The van der Waals surface area contributed by atoms with Crippen molar-refractivity contribution in [3.63, 3.8) is 0 Å². The van der Waals surface area contributed by atoms with Gasteiger partial charge in [-0.2, -0.15) is 0 Å². The van der Waals surface area contributed by atoms with Crippen molar-refractivity contribution in [1.82, 2.24) is 0 Å². The van der Waals surface area contributed by atoms with Crippen molar-refractivity contribution >= 4 is 11.7 Å². The molecule has 2 rings (SSSR count). The van der Waals surface area contributed by atoms with Crippen molar-refractivity contribution in [3.8, 4) is 5.75 Å². The van der Waals surface area contributed by atoms with Crippen LogP contribution >= 0.6 is 0 Å². The Morgan fingerprint density at radius 2 is 2.11 bits per heavy atom. The zero-order valence-corrected chi connectivity index (χ0v) is 11.5. The average molecular weight is 263 g/mol. The van der Waals surface area contributed by atoms with Crippen molar-refractivity contribution in [2.45, 2.75) is 32.2 Å². The molecule has 0 aromatic heterocycles. The van der Waals surface area contributed by atoms with Crippen molar-refractivity contribution in [3.05, 3.63) is 24.3 Å². The van der Waals surface area contributed by atoms with Crippen molar-refractivity contribution < 1.29 is 14.6 Å². The second kappa shape index (κ2) is 5.95. The number of benzene rings is 1. The maximum atomic E-state index is 11.1. The minimum absolute atomic E-state index is 0.195. The lowest BCUT2D eigenvalue weighted by atomic mass is 9.89. The molecule has 1 aliphatic heterocycles. The third kappa shape index (κ3) is 3.00. The van der Waals surface area contributed by atoms with Crippen LogP contribution in [0.5, 0.6) is 5.75 Å². The standard InChI is InChI=1S/C15H21NO3/c1-3-12-10-11(15(17)18)8-9-16(12)13-4-6-14(19-2)7-5-13/h4-7,11-12H,3,8-10H2,1-2H3,(H,17,18)/t11?,12-/m0/s1. The van der Waals surface area contributed by atoms with Crippen LogP contribution in [0.15, 0.2) is 24.3 Å². The summed E-state index contributed by atoms with van der Waals surface area (Å²) in [6.07, 6.45) is 2.42. The van der Waals surface area contributed by atoms with Crippen LogP contribution in [0.4, 0.5) is 5.69 Å². The molecule has 0 spiro atoms. The molecule has 4 nitrogen and oxygen atoms in total. The number of methoxy groups -OCH3 is 1. The monoisotopic (exact) mass is 263 g/mol. The Bertz CT molecular complexity index is 430. The molecular formula is C15H21NO3. The van der Waals surface area contributed by atoms with E-state index in [0.29, 0.717) is 6.04 Å². The zero-order valence-electron chi connectivity index (χ0n) is 11.5. The molecule has 0 aliphatic carbocycles. The number of ether oxygens (including phenoxy) is 1. The van der Waals surface area contributed by atoms with E-state index in [4.69, 9.17) is 9.84 Å². The lowest BCUT2D eigenvalue weighted by Crippen LogP contribution is -2.44. The van der Waals surface area contributed by atoms with Gasteiger partial charge < -0.3 is 14.7 Å². The smallest absolute Gasteiger partial charge is 0.306 e. The predicted octanol–water partition coefficient (Wildman–Crippen LogP) is 2.77. The van der Waals surface area contributed by atoms with Crippen LogP contribution in [0.25, 0.3) is 0 Å². The number of carbonyl (C=O) groups is 1. The Hall–Kier alpha value is -1.71. The molecule has 1 N–H and O–H groups in total. The highest BCUT2D eigenvalue weighted by molar-refractivity contribution is 5.70. The minimum atomic E-state index is -0.659. The molecule has 1 heterocycles. The molecule has 0 bridgehead atoms. The van der Waals surface area contributed by atoms with Gasteiger partial charge in [0.05, 0.1) is 13.0 Å². The normalized spacial score (nSPS) is 23.2. The van der Waals surface area contributed by atoms with E-state index in [0.717, 1.165) is 37.2 Å². The van der Waals surface area contributed by atoms with E-state index in [1.54, 1.807) is 7.11 Å². The van der Waals surface area contributed by atoms with Crippen molar-refractivity contribution in [1.29, 1.82) is 0 Å². The first-order valence-electron chi connectivity index (χ1n) is 6.79. The molecule has 1 saturated heterocycles. The highest BCUT2D eigenvalue weighted by Gasteiger charge is 2.31. The summed E-state index contributed by atoms with van der Waals surface area (Å²) in [5.74, 6) is -0.00972. The number of hydrogen-bond acceptors (Lipinski definition) is 3. The Morgan fingerprint density at radius 1 is 1.42 bits per heavy atom. The van der Waals surface area contributed by atoms with E-state index in [2.05, 4.69) is 11.8 Å². The summed E-state index contributed by atoms with van der Waals surface area (Å²) in [5, 5.41) is 9.14. The van der Waals surface area contributed by atoms with Crippen LogP contribution < -0.4 is 9.64 Å². The third-order valence-corrected chi connectivity index (χ3v) is 3.94. The molecule has 19 heavy (non-hydrogen) atoms. The van der Waals surface area contributed by atoms with Crippen LogP contribution in [0.3, 0.4) is 0 Å². The number of aliphatic carboxylic acids is 1. The van der Waals surface area contributed by atoms with Gasteiger partial charge in [-0.15, -0.1) is 0 Å². The number of nitrogens with zero attached hydrogens (tertiary/aromatic N) is 1. The first kappa shape index (κ1) is 13.7. The summed E-state index contributed by atoms with van der Waals surface area (Å²) < 4.78 is 5.16. The second-order valence-electron chi connectivity index (χ2n) is 5.01. The van der Waals surface area contributed by atoms with Gasteiger partial charge in [-0.1, -0.05) is 6.92 Å². The molecule has 1 aromatic carbocycles. The first-order valence-corrected chi connectivity index (χ1v) is 6.79. The van der Waals surface area contributed by atoms with Crippen molar-refractivity contribution in [2.75, 3.05) is 18.6 Å². The van der Waals surface area contributed by atoms with E-state index in [1.165, 1.54) is 0 Å². The van der Waals surface area contributed by atoms with Gasteiger partial charge >= 0.3 is 5.97 Å². The van der Waals surface area contributed by atoms with Gasteiger partial charge in [0.15, 0.2) is 0 Å². The van der Waals surface area contributed by atoms with E-state index in [-0.39, 0.29) is 5.92 Å². The lowest BCUT2D eigenvalue weighted by Gasteiger charge is -2.39. The van der Waals surface area contributed by atoms with E-state index >= 15 is 0 Å². The summed E-state index contributed by atoms with van der Waals surface area (Å²) in [6.45, 7) is 2.92. The van der Waals surface area contributed by atoms with Gasteiger partial charge in [-0.3, -0.25) is 4.79 Å². The topological polar surface area (TPSA) is 49.8 Å². The number of rotatable bonds is 4. The fourth-order valence-corrected chi connectivity index (χ4v) is 2.78. The van der Waals surface area contributed by atoms with Crippen LogP contribution in [0.1, 0.15) is 26.2 Å². The van der Waals surface area contributed by atoms with E-state index in [9.17, 15) is 4.79 Å². The van der Waals surface area contributed by atoms with Crippen LogP contribution in [0, 0.1) is 5.92 Å². The van der Waals surface area contributed by atoms with Crippen LogP contribution in [-0.2, 0) is 4.79 Å². The molecule has 104 valence electrons. The summed E-state index contributed by atoms with van der Waals surface area (Å²) in [5.41, 5.74) is 1.15. The largest absolute Gasteiger partial charge is 0.497 e. The fraction of sp³-hybridized carbons (Fsp3) is 0.533. The molecule has 0 radical (unpaired) electrons. The summed E-state index contributed by atoms with van der Waals surface area (Å²) in [7, 11) is 1.65. The third-order valence-electron chi connectivity index (χ3n) is 3.94. The van der Waals surface area contributed by atoms with Gasteiger partial charge in [-0.25, -0.2) is 0 Å². The average Bonchev–Trinajstić information content (AvgIpc) is 2.46. The Morgan fingerprint density at radius 3 is 2.63 bits per heavy atom. The predicted molar refractivity (Wildman–Crippen MR) is 74.8 cm³/mol. The zero-order chi connectivity index (χ0) is 13.8. The quantitative estimate of drug-likeness (QED) is 0.907. The SMILES string of the molecule is CC[C@H]1CC(C(=O)O)CCN1c1ccc(OC)cc1. The van der Waals surface area contributed by atoms with Gasteiger partial charge in [0.2, 0.25) is 0 Å². The summed E-state index contributed by atoms with van der Waals surface area (Å²) in [6, 6.07) is 8.30. The van der Waals surface area contributed by atoms with E-state index in [1.807, 2.05) is 24.3 Å². The first-order chi connectivity index (χ1) is 9.15. The molecule has 4 heteroatoms. The van der Waals surface area contributed by atoms with Gasteiger partial charge in [0, 0.05) is 18.3 Å². The molecule has 1 fully saturated rings. The Labute approximate surface area is 114 Å². The van der Waals surface area contributed by atoms with Crippen LogP contribution in [-0.4, -0.2) is 30.8 Å². The number of hydrogen-bond donors (Lipinski definition) is 1. The summed E-state index contributed by atoms with van der Waals surface area (Å²) >= 11 is 0. The van der Waals surface area contributed by atoms with Gasteiger partial charge in [0.25, 0.3) is 0 Å². The minimum Gasteiger partial charge on any atom is -0.497 e. The highest BCUT2D eigenvalue weighted by atomic mass is 16.5. The highest BCUT2D eigenvalue weighted by Crippen LogP contribution is 2.30. The fourth-order valence-electron chi connectivity index (χ4n) is 2.78. The maximum Gasteiger partial charge on any atom is 0.306 e. The van der Waals surface area contributed by atoms with Gasteiger partial charge in [-0.05, 0) is 43.5 Å². The Balaban J connectivity index is 2.12. The number of carboxylic acid groups (broad SMARTS) is 1. The van der Waals surface area contributed by atoms with Gasteiger partial charge in [0.1, 0.15) is 5.75 Å². The number of piperidine rings is 1. The molecule has 1 aliphatic rings. The second-order valence-corrected chi connectivity index (χ2v) is 5.01. The molecule has 0 saturated carbocycles. The number of carboxylic acids is 1. The molecule has 0 amide bonds. The van der Waals surface area contributed by atoms with Crippen molar-refractivity contribution in [2.24, 2.45) is 5.92 Å². The molecule has 2 atom stereocenters. The molecule has 1 aromatic rings. The maximum absolute atomic E-state index is 11.1. The van der Waals surface area contributed by atoms with Crippen LogP contribution in [0.2, 0.25) is 0 Å².